The summed E-state index contributed by atoms with van der Waals surface area (Å²) < 4.78 is 5.05. The van der Waals surface area contributed by atoms with Crippen molar-refractivity contribution in [1.29, 1.82) is 0 Å². The van der Waals surface area contributed by atoms with Crippen LogP contribution in [0.15, 0.2) is 42.5 Å². The molecule has 2 unspecified atom stereocenters. The number of amides is 1. The zero-order valence-electron chi connectivity index (χ0n) is 15.5. The summed E-state index contributed by atoms with van der Waals surface area (Å²) in [4.78, 5) is 22.9. The number of nitrogens with two attached hydrogens (primary N) is 1. The van der Waals surface area contributed by atoms with Crippen molar-refractivity contribution in [3.8, 4) is 0 Å². The SMILES string of the molecule is Cc1cc(C(=O)O)c(N)c(C(O)C(O)CCNC(=O)OCc2ccccc2)c1. The molecule has 0 saturated heterocycles. The summed E-state index contributed by atoms with van der Waals surface area (Å²) in [5.74, 6) is -1.22. The number of ether oxygens (including phenoxy) is 1. The molecule has 0 aliphatic carbocycles. The van der Waals surface area contributed by atoms with Gasteiger partial charge in [0, 0.05) is 12.1 Å². The van der Waals surface area contributed by atoms with E-state index in [1.54, 1.807) is 6.92 Å². The molecular weight excluding hydrogens is 364 g/mol. The highest BCUT2D eigenvalue weighted by Crippen LogP contribution is 2.29. The van der Waals surface area contributed by atoms with Crippen molar-refractivity contribution in [2.75, 3.05) is 12.3 Å². The molecule has 2 atom stereocenters. The van der Waals surface area contributed by atoms with Crippen molar-refractivity contribution in [3.63, 3.8) is 0 Å². The molecule has 8 heteroatoms. The fourth-order valence-corrected chi connectivity index (χ4v) is 2.71. The van der Waals surface area contributed by atoms with Crippen LogP contribution in [0.2, 0.25) is 0 Å². The molecule has 6 N–H and O–H groups in total. The van der Waals surface area contributed by atoms with Crippen molar-refractivity contribution in [2.45, 2.75) is 32.2 Å². The van der Waals surface area contributed by atoms with E-state index in [0.29, 0.717) is 5.56 Å². The van der Waals surface area contributed by atoms with Crippen LogP contribution in [0, 0.1) is 6.92 Å². The molecule has 0 aliphatic rings. The third-order valence-corrected chi connectivity index (χ3v) is 4.19. The maximum atomic E-state index is 11.7. The standard InChI is InChI=1S/C20H24N2O6/c1-12-9-14(17(21)15(10-12)19(25)26)18(24)16(23)7-8-22-20(27)28-11-13-5-3-2-4-6-13/h2-6,9-10,16,18,23-24H,7-8,11,21H2,1H3,(H,22,27)(H,25,26). The van der Waals surface area contributed by atoms with Crippen LogP contribution in [0.25, 0.3) is 0 Å². The number of nitrogen functional groups attached to an aromatic ring is 1. The van der Waals surface area contributed by atoms with Crippen LogP contribution in [0.1, 0.15) is 39.6 Å². The number of anilines is 1. The summed E-state index contributed by atoms with van der Waals surface area (Å²) in [6.07, 6.45) is -3.26. The average molecular weight is 388 g/mol. The molecule has 0 fully saturated rings. The number of carboxylic acid groups (broad SMARTS) is 1. The average Bonchev–Trinajstić information content (AvgIpc) is 2.67. The Hall–Kier alpha value is -3.10. The fourth-order valence-electron chi connectivity index (χ4n) is 2.71. The lowest BCUT2D eigenvalue weighted by molar-refractivity contribution is 0.0139. The smallest absolute Gasteiger partial charge is 0.407 e. The Labute approximate surface area is 162 Å². The van der Waals surface area contributed by atoms with Gasteiger partial charge in [0.25, 0.3) is 0 Å². The van der Waals surface area contributed by atoms with Gasteiger partial charge in [-0.3, -0.25) is 0 Å². The van der Waals surface area contributed by atoms with Crippen LogP contribution < -0.4 is 11.1 Å². The Morgan fingerprint density at radius 3 is 2.50 bits per heavy atom. The molecular formula is C20H24N2O6. The zero-order valence-corrected chi connectivity index (χ0v) is 15.5. The predicted octanol–water partition coefficient (Wildman–Crippen LogP) is 1.99. The Morgan fingerprint density at radius 2 is 1.86 bits per heavy atom. The number of aliphatic hydroxyl groups is 2. The normalized spacial score (nSPS) is 12.8. The van der Waals surface area contributed by atoms with Gasteiger partial charge in [0.15, 0.2) is 0 Å². The first kappa shape index (κ1) is 21.2. The van der Waals surface area contributed by atoms with Crippen LogP contribution in [-0.4, -0.2) is 40.0 Å². The molecule has 0 heterocycles. The van der Waals surface area contributed by atoms with Gasteiger partial charge in [0.05, 0.1) is 17.4 Å². The molecule has 2 aromatic rings. The number of carbonyl (C=O) groups excluding carboxylic acids is 1. The Kier molecular flexibility index (Phi) is 7.36. The van der Waals surface area contributed by atoms with Gasteiger partial charge in [-0.1, -0.05) is 36.4 Å². The van der Waals surface area contributed by atoms with Gasteiger partial charge >= 0.3 is 12.1 Å². The summed E-state index contributed by atoms with van der Waals surface area (Å²) in [5.41, 5.74) is 7.16. The molecule has 8 nitrogen and oxygen atoms in total. The van der Waals surface area contributed by atoms with Crippen molar-refractivity contribution in [3.05, 3.63) is 64.7 Å². The van der Waals surface area contributed by atoms with Crippen LogP contribution in [-0.2, 0) is 11.3 Å². The number of aryl methyl sites for hydroxylation is 1. The summed E-state index contributed by atoms with van der Waals surface area (Å²) in [7, 11) is 0. The quantitative estimate of drug-likeness (QED) is 0.435. The minimum atomic E-state index is -1.39. The van der Waals surface area contributed by atoms with Gasteiger partial charge in [-0.2, -0.15) is 0 Å². The van der Waals surface area contributed by atoms with Crippen molar-refractivity contribution in [2.24, 2.45) is 0 Å². The van der Waals surface area contributed by atoms with E-state index in [2.05, 4.69) is 5.32 Å². The Bertz CT molecular complexity index is 825. The molecule has 0 aliphatic heterocycles. The number of carboxylic acids is 1. The third-order valence-electron chi connectivity index (χ3n) is 4.19. The lowest BCUT2D eigenvalue weighted by Crippen LogP contribution is -2.30. The monoisotopic (exact) mass is 388 g/mol. The Morgan fingerprint density at radius 1 is 1.18 bits per heavy atom. The van der Waals surface area contributed by atoms with Crippen LogP contribution in [0.3, 0.4) is 0 Å². The topological polar surface area (TPSA) is 142 Å². The lowest BCUT2D eigenvalue weighted by atomic mass is 9.95. The van der Waals surface area contributed by atoms with Gasteiger partial charge in [-0.15, -0.1) is 0 Å². The van der Waals surface area contributed by atoms with E-state index in [1.165, 1.54) is 12.1 Å². The number of aliphatic hydroxyl groups excluding tert-OH is 2. The van der Waals surface area contributed by atoms with Crippen molar-refractivity contribution >= 4 is 17.7 Å². The first-order valence-electron chi connectivity index (χ1n) is 8.73. The summed E-state index contributed by atoms with van der Waals surface area (Å²) in [6, 6.07) is 12.1. The molecule has 150 valence electrons. The van der Waals surface area contributed by atoms with Crippen LogP contribution in [0.4, 0.5) is 10.5 Å². The maximum absolute atomic E-state index is 11.7. The molecule has 0 radical (unpaired) electrons. The van der Waals surface area contributed by atoms with E-state index < -0.39 is 24.3 Å². The lowest BCUT2D eigenvalue weighted by Gasteiger charge is -2.21. The van der Waals surface area contributed by atoms with E-state index in [-0.39, 0.29) is 36.4 Å². The molecule has 28 heavy (non-hydrogen) atoms. The molecule has 0 aromatic heterocycles. The zero-order chi connectivity index (χ0) is 20.7. The highest BCUT2D eigenvalue weighted by atomic mass is 16.5. The molecule has 0 bridgehead atoms. The van der Waals surface area contributed by atoms with E-state index in [9.17, 15) is 24.9 Å². The number of carbonyl (C=O) groups is 2. The summed E-state index contributed by atoms with van der Waals surface area (Å²) in [6.45, 7) is 1.85. The second kappa shape index (κ2) is 9.72. The van der Waals surface area contributed by atoms with E-state index in [0.717, 1.165) is 5.56 Å². The van der Waals surface area contributed by atoms with E-state index >= 15 is 0 Å². The van der Waals surface area contributed by atoms with E-state index in [4.69, 9.17) is 10.5 Å². The van der Waals surface area contributed by atoms with Gasteiger partial charge in [0.2, 0.25) is 0 Å². The van der Waals surface area contributed by atoms with Gasteiger partial charge in [-0.05, 0) is 30.5 Å². The number of hydrogen-bond acceptors (Lipinski definition) is 6. The molecule has 0 spiro atoms. The first-order valence-corrected chi connectivity index (χ1v) is 8.73. The molecule has 0 saturated carbocycles. The number of alkyl carbamates (subject to hydrolysis) is 1. The molecule has 2 rings (SSSR count). The van der Waals surface area contributed by atoms with Crippen molar-refractivity contribution in [1.82, 2.24) is 5.32 Å². The van der Waals surface area contributed by atoms with E-state index in [1.807, 2.05) is 30.3 Å². The van der Waals surface area contributed by atoms with Crippen LogP contribution >= 0.6 is 0 Å². The second-order valence-corrected chi connectivity index (χ2v) is 6.41. The highest BCUT2D eigenvalue weighted by molar-refractivity contribution is 5.94. The number of nitrogens with one attached hydrogen (secondary N) is 1. The van der Waals surface area contributed by atoms with Crippen molar-refractivity contribution < 1.29 is 29.6 Å². The molecule has 1 amide bonds. The van der Waals surface area contributed by atoms with Gasteiger partial charge in [0.1, 0.15) is 12.7 Å². The highest BCUT2D eigenvalue weighted by Gasteiger charge is 2.24. The Balaban J connectivity index is 1.86. The fraction of sp³-hybridized carbons (Fsp3) is 0.300. The second-order valence-electron chi connectivity index (χ2n) is 6.41. The number of hydrogen-bond donors (Lipinski definition) is 5. The van der Waals surface area contributed by atoms with Crippen LogP contribution in [0.5, 0.6) is 0 Å². The number of rotatable bonds is 8. The van der Waals surface area contributed by atoms with Gasteiger partial charge in [-0.25, -0.2) is 9.59 Å². The summed E-state index contributed by atoms with van der Waals surface area (Å²) in [5, 5.41) is 32.2. The minimum Gasteiger partial charge on any atom is -0.478 e. The van der Waals surface area contributed by atoms with Gasteiger partial charge < -0.3 is 31.1 Å². The minimum absolute atomic E-state index is 0.0252. The largest absolute Gasteiger partial charge is 0.478 e. The summed E-state index contributed by atoms with van der Waals surface area (Å²) >= 11 is 0. The maximum Gasteiger partial charge on any atom is 0.407 e. The third kappa shape index (κ3) is 5.70. The number of aromatic carboxylic acids is 1. The number of benzene rings is 2. The predicted molar refractivity (Wildman–Crippen MR) is 103 cm³/mol. The molecule has 2 aromatic carbocycles. The first-order chi connectivity index (χ1) is 13.3.